The van der Waals surface area contributed by atoms with E-state index in [-0.39, 0.29) is 5.91 Å². The van der Waals surface area contributed by atoms with E-state index in [1.807, 2.05) is 20.8 Å². The maximum absolute atomic E-state index is 11.8. The lowest BCUT2D eigenvalue weighted by molar-refractivity contribution is -0.127. The Labute approximate surface area is 94.8 Å². The topological polar surface area (TPSA) is 58.2 Å². The van der Waals surface area contributed by atoms with Crippen LogP contribution in [-0.4, -0.2) is 16.9 Å². The van der Waals surface area contributed by atoms with Gasteiger partial charge in [-0.1, -0.05) is 33.0 Å². The average Bonchev–Trinajstić information content (AvgIpc) is 2.11. The van der Waals surface area contributed by atoms with Crippen LogP contribution >= 0.6 is 12.2 Å². The Hall–Kier alpha value is -0.970. The van der Waals surface area contributed by atoms with Gasteiger partial charge in [-0.15, -0.1) is 0 Å². The summed E-state index contributed by atoms with van der Waals surface area (Å²) in [6.45, 7) is 5.97. The highest BCUT2D eigenvalue weighted by Crippen LogP contribution is 2.33. The van der Waals surface area contributed by atoms with E-state index in [9.17, 15) is 9.59 Å². The van der Waals surface area contributed by atoms with Crippen LogP contribution in [0.4, 0.5) is 4.79 Å². The van der Waals surface area contributed by atoms with E-state index >= 15 is 0 Å². The Kier molecular flexibility index (Phi) is 3.44. The Balaban J connectivity index is 3.00. The van der Waals surface area contributed by atoms with Gasteiger partial charge in [-0.25, -0.2) is 4.79 Å². The van der Waals surface area contributed by atoms with E-state index in [2.05, 4.69) is 10.6 Å². The molecule has 0 saturated carbocycles. The number of amides is 3. The van der Waals surface area contributed by atoms with Crippen molar-refractivity contribution < 1.29 is 9.59 Å². The zero-order chi connectivity index (χ0) is 11.6. The fourth-order valence-electron chi connectivity index (χ4n) is 1.93. The minimum Gasteiger partial charge on any atom is -0.301 e. The molecule has 1 atom stereocenters. The number of thiocarbonyl (C=S) groups is 1. The summed E-state index contributed by atoms with van der Waals surface area (Å²) >= 11 is 5.12. The predicted molar refractivity (Wildman–Crippen MR) is 61.5 cm³/mol. The minimum absolute atomic E-state index is 0.271. The normalized spacial score (nSPS) is 26.5. The lowest BCUT2D eigenvalue weighted by Crippen LogP contribution is -2.61. The zero-order valence-corrected chi connectivity index (χ0v) is 10.0. The molecule has 0 aliphatic carbocycles. The smallest absolute Gasteiger partial charge is 0.301 e. The Morgan fingerprint density at radius 1 is 1.33 bits per heavy atom. The van der Waals surface area contributed by atoms with Crippen LogP contribution in [0.15, 0.2) is 0 Å². The zero-order valence-electron chi connectivity index (χ0n) is 9.22. The van der Waals surface area contributed by atoms with E-state index in [4.69, 9.17) is 12.2 Å². The van der Waals surface area contributed by atoms with Crippen molar-refractivity contribution in [2.24, 2.45) is 11.3 Å². The molecule has 0 unspecified atom stereocenters. The van der Waals surface area contributed by atoms with Crippen molar-refractivity contribution in [2.45, 2.75) is 33.6 Å². The highest BCUT2D eigenvalue weighted by molar-refractivity contribution is 7.80. The van der Waals surface area contributed by atoms with E-state index in [1.54, 1.807) is 0 Å². The number of imide groups is 1. The van der Waals surface area contributed by atoms with E-state index < -0.39 is 11.4 Å². The number of carbonyl (C=O) groups excluding carboxylic acids is 2. The first kappa shape index (κ1) is 12.1. The number of hydrogen-bond donors (Lipinski definition) is 2. The van der Waals surface area contributed by atoms with Gasteiger partial charge in [0, 0.05) is 0 Å². The molecule has 0 radical (unpaired) electrons. The van der Waals surface area contributed by atoms with Gasteiger partial charge in [-0.2, -0.15) is 0 Å². The van der Waals surface area contributed by atoms with Crippen molar-refractivity contribution >= 4 is 29.1 Å². The predicted octanol–water partition coefficient (Wildman–Crippen LogP) is 1.60. The molecule has 1 aliphatic rings. The molecule has 1 saturated heterocycles. The van der Waals surface area contributed by atoms with Crippen LogP contribution in [0.25, 0.3) is 0 Å². The molecule has 1 fully saturated rings. The second kappa shape index (κ2) is 4.26. The summed E-state index contributed by atoms with van der Waals surface area (Å²) in [6, 6.07) is -0.516. The molecule has 15 heavy (non-hydrogen) atoms. The molecular weight excluding hydrogens is 212 g/mol. The monoisotopic (exact) mass is 228 g/mol. The SMILES string of the molecule is CC[C@]1(CC(C)C)C(=O)NC(=O)NC1=S. The van der Waals surface area contributed by atoms with Crippen molar-refractivity contribution in [2.75, 3.05) is 0 Å². The van der Waals surface area contributed by atoms with Gasteiger partial charge in [0.15, 0.2) is 0 Å². The van der Waals surface area contributed by atoms with Gasteiger partial charge >= 0.3 is 6.03 Å². The molecule has 4 nitrogen and oxygen atoms in total. The summed E-state index contributed by atoms with van der Waals surface area (Å²) < 4.78 is 0. The summed E-state index contributed by atoms with van der Waals surface area (Å²) in [7, 11) is 0. The molecule has 1 rings (SSSR count). The molecule has 1 aliphatic heterocycles. The third-order valence-corrected chi connectivity index (χ3v) is 3.18. The average molecular weight is 228 g/mol. The molecule has 0 spiro atoms. The number of carbonyl (C=O) groups is 2. The molecule has 0 aromatic heterocycles. The number of nitrogens with one attached hydrogen (secondary N) is 2. The first-order valence-electron chi connectivity index (χ1n) is 5.09. The van der Waals surface area contributed by atoms with Gasteiger partial charge < -0.3 is 5.32 Å². The quantitative estimate of drug-likeness (QED) is 0.721. The van der Waals surface area contributed by atoms with E-state index in [0.29, 0.717) is 23.7 Å². The Morgan fingerprint density at radius 2 is 1.93 bits per heavy atom. The third kappa shape index (κ3) is 2.17. The molecule has 2 N–H and O–H groups in total. The summed E-state index contributed by atoms with van der Waals surface area (Å²) in [6.07, 6.45) is 1.27. The Morgan fingerprint density at radius 3 is 2.33 bits per heavy atom. The summed E-state index contributed by atoms with van der Waals surface area (Å²) in [5, 5.41) is 4.80. The van der Waals surface area contributed by atoms with Gasteiger partial charge in [-0.05, 0) is 18.8 Å². The molecule has 0 aromatic carbocycles. The largest absolute Gasteiger partial charge is 0.326 e. The maximum atomic E-state index is 11.8. The second-order valence-electron chi connectivity index (χ2n) is 4.27. The summed E-state index contributed by atoms with van der Waals surface area (Å²) in [4.78, 5) is 23.2. The van der Waals surface area contributed by atoms with Crippen LogP contribution in [0.5, 0.6) is 0 Å². The number of urea groups is 1. The highest BCUT2D eigenvalue weighted by Gasteiger charge is 2.45. The van der Waals surface area contributed by atoms with Crippen molar-refractivity contribution in [1.29, 1.82) is 0 Å². The first-order valence-corrected chi connectivity index (χ1v) is 5.50. The summed E-state index contributed by atoms with van der Waals surface area (Å²) in [5.41, 5.74) is -0.711. The minimum atomic E-state index is -0.711. The maximum Gasteiger partial charge on any atom is 0.326 e. The highest BCUT2D eigenvalue weighted by atomic mass is 32.1. The van der Waals surface area contributed by atoms with Gasteiger partial charge in [0.25, 0.3) is 0 Å². The molecule has 84 valence electrons. The first-order chi connectivity index (χ1) is 6.92. The van der Waals surface area contributed by atoms with Crippen molar-refractivity contribution in [3.63, 3.8) is 0 Å². The second-order valence-corrected chi connectivity index (χ2v) is 4.68. The van der Waals surface area contributed by atoms with Crippen LogP contribution in [-0.2, 0) is 4.79 Å². The van der Waals surface area contributed by atoms with E-state index in [0.717, 1.165) is 0 Å². The van der Waals surface area contributed by atoms with Gasteiger partial charge in [-0.3, -0.25) is 10.1 Å². The van der Waals surface area contributed by atoms with E-state index in [1.165, 1.54) is 0 Å². The Bertz CT molecular complexity index is 293. The standard InChI is InChI=1S/C10H16N2O2S/c1-4-10(5-6(2)3)7(13)11-9(14)12-8(10)15/h6H,4-5H2,1-3H3,(H2,11,12,13,14,15)/t10-/m0/s1. The lowest BCUT2D eigenvalue weighted by Gasteiger charge is -2.36. The van der Waals surface area contributed by atoms with Crippen molar-refractivity contribution in [3.8, 4) is 0 Å². The van der Waals surface area contributed by atoms with Gasteiger partial charge in [0.05, 0.1) is 4.99 Å². The van der Waals surface area contributed by atoms with Gasteiger partial charge in [0.1, 0.15) is 5.41 Å². The molecule has 0 aromatic rings. The summed E-state index contributed by atoms with van der Waals surface area (Å²) in [5.74, 6) is 0.0797. The van der Waals surface area contributed by atoms with Crippen LogP contribution in [0, 0.1) is 11.3 Å². The lowest BCUT2D eigenvalue weighted by atomic mass is 9.76. The van der Waals surface area contributed by atoms with Crippen LogP contribution in [0.3, 0.4) is 0 Å². The molecule has 0 bridgehead atoms. The van der Waals surface area contributed by atoms with Crippen molar-refractivity contribution in [1.82, 2.24) is 10.6 Å². The molecular formula is C10H16N2O2S. The van der Waals surface area contributed by atoms with Crippen LogP contribution < -0.4 is 10.6 Å². The molecule has 3 amide bonds. The van der Waals surface area contributed by atoms with Crippen molar-refractivity contribution in [3.05, 3.63) is 0 Å². The molecule has 1 heterocycles. The van der Waals surface area contributed by atoms with Gasteiger partial charge in [0.2, 0.25) is 5.91 Å². The fraction of sp³-hybridized carbons (Fsp3) is 0.700. The fourth-order valence-corrected chi connectivity index (χ4v) is 2.34. The third-order valence-electron chi connectivity index (χ3n) is 2.68. The number of hydrogen-bond acceptors (Lipinski definition) is 3. The van der Waals surface area contributed by atoms with Crippen LogP contribution in [0.1, 0.15) is 33.6 Å². The number of rotatable bonds is 3. The van der Waals surface area contributed by atoms with Crippen LogP contribution in [0.2, 0.25) is 0 Å². The molecule has 5 heteroatoms.